The summed E-state index contributed by atoms with van der Waals surface area (Å²) in [6.07, 6.45) is 0.128. The van der Waals surface area contributed by atoms with Crippen molar-refractivity contribution in [3.05, 3.63) is 32.6 Å². The van der Waals surface area contributed by atoms with E-state index in [4.69, 9.17) is 10.5 Å². The van der Waals surface area contributed by atoms with Crippen LogP contribution in [0.1, 0.15) is 31.6 Å². The van der Waals surface area contributed by atoms with Gasteiger partial charge in [0, 0.05) is 11.8 Å². The number of nitrogens with zero attached hydrogens (tertiary/aromatic N) is 1. The summed E-state index contributed by atoms with van der Waals surface area (Å²) in [5.74, 6) is -3.85. The zero-order valence-corrected chi connectivity index (χ0v) is 12.5. The van der Waals surface area contributed by atoms with E-state index in [2.05, 4.69) is 9.72 Å². The van der Waals surface area contributed by atoms with Crippen LogP contribution in [0, 0.1) is 0 Å². The molecule has 1 aliphatic rings. The Bertz CT molecular complexity index is 694. The summed E-state index contributed by atoms with van der Waals surface area (Å²) in [5, 5.41) is 19.6. The molecule has 0 spiro atoms. The predicted molar refractivity (Wildman–Crippen MR) is 76.2 cm³/mol. The number of rotatable bonds is 5. The number of hydrogen-bond acceptors (Lipinski definition) is 8. The van der Waals surface area contributed by atoms with E-state index in [1.807, 2.05) is 0 Å². The van der Waals surface area contributed by atoms with Gasteiger partial charge in [0.25, 0.3) is 5.56 Å². The second kappa shape index (κ2) is 6.62. The monoisotopic (exact) mass is 329 g/mol. The molecule has 0 aromatic carbocycles. The van der Waals surface area contributed by atoms with Crippen molar-refractivity contribution in [3.8, 4) is 0 Å². The maximum atomic E-state index is 11.9. The molecule has 2 rings (SSSR count). The second-order valence-corrected chi connectivity index (χ2v) is 5.17. The molecule has 1 aromatic rings. The molecule has 128 valence electrons. The molecule has 1 aliphatic heterocycles. The van der Waals surface area contributed by atoms with Crippen molar-refractivity contribution in [2.75, 3.05) is 6.54 Å². The fraction of sp³-hybridized carbons (Fsp3) is 0.615. The standard InChI is InChI=1S/C13H19N3O7/c1-2-7-6-16(12(19)15-11(7)18)9-4-3-8(22-9)13(20,21)23-10(17)5-14/h6,8-9,20-21H,2-5,14H2,1H3,(H,15,18,19). The van der Waals surface area contributed by atoms with Crippen molar-refractivity contribution < 1.29 is 24.5 Å². The predicted octanol–water partition coefficient (Wildman–Crippen LogP) is -2.08. The molecule has 1 aromatic heterocycles. The van der Waals surface area contributed by atoms with Crippen molar-refractivity contribution in [2.45, 2.75) is 44.5 Å². The van der Waals surface area contributed by atoms with Gasteiger partial charge in [-0.2, -0.15) is 0 Å². The largest absolute Gasteiger partial charge is 0.405 e. The Morgan fingerprint density at radius 1 is 1.52 bits per heavy atom. The molecular formula is C13H19N3O7. The molecule has 2 heterocycles. The Hall–Kier alpha value is -2.01. The lowest BCUT2D eigenvalue weighted by molar-refractivity contribution is -0.362. The van der Waals surface area contributed by atoms with E-state index < -0.39 is 42.1 Å². The number of aliphatic hydroxyl groups is 2. The van der Waals surface area contributed by atoms with Gasteiger partial charge in [0.1, 0.15) is 6.23 Å². The van der Waals surface area contributed by atoms with Crippen molar-refractivity contribution >= 4 is 5.97 Å². The number of ether oxygens (including phenoxy) is 2. The second-order valence-electron chi connectivity index (χ2n) is 5.17. The van der Waals surface area contributed by atoms with Crippen molar-refractivity contribution in [1.29, 1.82) is 0 Å². The summed E-state index contributed by atoms with van der Waals surface area (Å²) in [4.78, 5) is 36.7. The summed E-state index contributed by atoms with van der Waals surface area (Å²) in [5.41, 5.74) is 4.30. The van der Waals surface area contributed by atoms with Crippen LogP contribution >= 0.6 is 0 Å². The minimum atomic E-state index is -2.84. The lowest BCUT2D eigenvalue weighted by atomic mass is 10.2. The normalized spacial score (nSPS) is 21.4. The van der Waals surface area contributed by atoms with E-state index in [0.29, 0.717) is 12.0 Å². The highest BCUT2D eigenvalue weighted by atomic mass is 16.8. The Morgan fingerprint density at radius 2 is 2.22 bits per heavy atom. The number of aromatic nitrogens is 2. The highest BCUT2D eigenvalue weighted by Gasteiger charge is 2.45. The van der Waals surface area contributed by atoms with Crippen molar-refractivity contribution in [1.82, 2.24) is 9.55 Å². The molecule has 0 bridgehead atoms. The van der Waals surface area contributed by atoms with Crippen molar-refractivity contribution in [3.63, 3.8) is 0 Å². The topological polar surface area (TPSA) is 157 Å². The minimum absolute atomic E-state index is 0.128. The third kappa shape index (κ3) is 3.67. The zero-order valence-electron chi connectivity index (χ0n) is 12.5. The summed E-state index contributed by atoms with van der Waals surface area (Å²) < 4.78 is 11.0. The summed E-state index contributed by atoms with van der Waals surface area (Å²) >= 11 is 0. The number of nitrogens with two attached hydrogens (primary N) is 1. The fourth-order valence-electron chi connectivity index (χ4n) is 2.37. The van der Waals surface area contributed by atoms with Crippen LogP contribution in [0.15, 0.2) is 15.8 Å². The lowest BCUT2D eigenvalue weighted by Crippen LogP contribution is -2.47. The van der Waals surface area contributed by atoms with Gasteiger partial charge in [0.2, 0.25) is 0 Å². The Morgan fingerprint density at radius 3 is 2.83 bits per heavy atom. The van der Waals surface area contributed by atoms with Gasteiger partial charge in [0.05, 0.1) is 6.54 Å². The average molecular weight is 329 g/mol. The number of nitrogens with one attached hydrogen (secondary N) is 1. The van der Waals surface area contributed by atoms with Gasteiger partial charge in [-0.15, -0.1) is 0 Å². The van der Waals surface area contributed by atoms with Crippen LogP contribution in [-0.2, 0) is 20.7 Å². The molecule has 10 heteroatoms. The third-order valence-corrected chi connectivity index (χ3v) is 3.58. The maximum absolute atomic E-state index is 11.9. The molecule has 1 saturated heterocycles. The minimum Gasteiger partial charge on any atom is -0.405 e. The summed E-state index contributed by atoms with van der Waals surface area (Å²) in [6.45, 7) is 1.24. The molecule has 0 amide bonds. The van der Waals surface area contributed by atoms with E-state index in [1.165, 1.54) is 10.8 Å². The number of H-pyrrole nitrogens is 1. The number of aromatic amines is 1. The average Bonchev–Trinajstić information content (AvgIpc) is 2.97. The van der Waals surface area contributed by atoms with E-state index in [1.54, 1.807) is 6.92 Å². The van der Waals surface area contributed by atoms with Gasteiger partial charge < -0.3 is 25.4 Å². The summed E-state index contributed by atoms with van der Waals surface area (Å²) in [7, 11) is 0. The molecule has 1 fully saturated rings. The van der Waals surface area contributed by atoms with Crippen molar-refractivity contribution in [2.24, 2.45) is 5.73 Å². The number of carbonyl (C=O) groups excluding carboxylic acids is 1. The zero-order chi connectivity index (χ0) is 17.2. The van der Waals surface area contributed by atoms with Crippen LogP contribution in [0.4, 0.5) is 0 Å². The van der Waals surface area contributed by atoms with E-state index >= 15 is 0 Å². The molecule has 23 heavy (non-hydrogen) atoms. The molecule has 10 nitrogen and oxygen atoms in total. The Kier molecular flexibility index (Phi) is 5.00. The lowest BCUT2D eigenvalue weighted by Gasteiger charge is -2.27. The van der Waals surface area contributed by atoms with Gasteiger partial charge in [-0.1, -0.05) is 6.92 Å². The van der Waals surface area contributed by atoms with E-state index in [9.17, 15) is 24.6 Å². The van der Waals surface area contributed by atoms with Crippen LogP contribution in [0.25, 0.3) is 0 Å². The maximum Gasteiger partial charge on any atom is 0.352 e. The van der Waals surface area contributed by atoms with Gasteiger partial charge in [-0.25, -0.2) is 4.79 Å². The van der Waals surface area contributed by atoms with Gasteiger partial charge >= 0.3 is 17.6 Å². The quantitative estimate of drug-likeness (QED) is 0.354. The molecule has 5 N–H and O–H groups in total. The van der Waals surface area contributed by atoms with Gasteiger partial charge in [-0.3, -0.25) is 19.1 Å². The number of esters is 1. The molecule has 2 atom stereocenters. The van der Waals surface area contributed by atoms with Gasteiger partial charge in [0.15, 0.2) is 6.10 Å². The first-order valence-electron chi connectivity index (χ1n) is 7.15. The van der Waals surface area contributed by atoms with Crippen LogP contribution < -0.4 is 17.0 Å². The first kappa shape index (κ1) is 17.3. The first-order chi connectivity index (χ1) is 10.8. The number of hydrogen-bond donors (Lipinski definition) is 4. The third-order valence-electron chi connectivity index (χ3n) is 3.58. The van der Waals surface area contributed by atoms with Crippen LogP contribution in [0.2, 0.25) is 0 Å². The fourth-order valence-corrected chi connectivity index (χ4v) is 2.37. The van der Waals surface area contributed by atoms with Crippen LogP contribution in [-0.4, -0.2) is 44.4 Å². The number of aryl methyl sites for hydroxylation is 1. The molecule has 2 unspecified atom stereocenters. The molecule has 0 saturated carbocycles. The highest BCUT2D eigenvalue weighted by Crippen LogP contribution is 2.32. The molecule has 0 radical (unpaired) electrons. The van der Waals surface area contributed by atoms with Crippen LogP contribution in [0.3, 0.4) is 0 Å². The van der Waals surface area contributed by atoms with E-state index in [0.717, 1.165) is 0 Å². The number of carbonyl (C=O) groups is 1. The Balaban J connectivity index is 2.19. The first-order valence-corrected chi connectivity index (χ1v) is 7.15. The van der Waals surface area contributed by atoms with Crippen LogP contribution in [0.5, 0.6) is 0 Å². The molecular weight excluding hydrogens is 310 g/mol. The van der Waals surface area contributed by atoms with Gasteiger partial charge in [-0.05, 0) is 19.3 Å². The molecule has 0 aliphatic carbocycles. The Labute approximate surface area is 130 Å². The smallest absolute Gasteiger partial charge is 0.352 e. The summed E-state index contributed by atoms with van der Waals surface area (Å²) in [6, 6.07) is 0. The van der Waals surface area contributed by atoms with E-state index in [-0.39, 0.29) is 12.8 Å². The highest BCUT2D eigenvalue weighted by molar-refractivity contribution is 5.71. The SMILES string of the molecule is CCc1cn(C2CCC(C(O)(O)OC(=O)CN)O2)c(=O)[nH]c1=O.